The third-order valence-electron chi connectivity index (χ3n) is 4.25. The Morgan fingerprint density at radius 1 is 1.33 bits per heavy atom. The second-order valence-electron chi connectivity index (χ2n) is 5.76. The van der Waals surface area contributed by atoms with Crippen LogP contribution in [0.2, 0.25) is 0 Å². The normalized spacial score (nSPS) is 14.1. The van der Waals surface area contributed by atoms with E-state index >= 15 is 0 Å². The predicted molar refractivity (Wildman–Crippen MR) is 79.9 cm³/mol. The minimum absolute atomic E-state index is 0.208. The van der Waals surface area contributed by atoms with Crippen molar-refractivity contribution in [3.05, 3.63) is 52.4 Å². The van der Waals surface area contributed by atoms with E-state index in [-0.39, 0.29) is 5.91 Å². The minimum atomic E-state index is 0.208. The molecule has 0 aliphatic carbocycles. The van der Waals surface area contributed by atoms with Crippen molar-refractivity contribution in [2.45, 2.75) is 39.7 Å². The van der Waals surface area contributed by atoms with Gasteiger partial charge < -0.3 is 9.42 Å². The lowest BCUT2D eigenvalue weighted by Crippen LogP contribution is -2.35. The van der Waals surface area contributed by atoms with Crippen LogP contribution in [0.3, 0.4) is 0 Å². The first kappa shape index (κ1) is 13.9. The number of benzene rings is 1. The number of hydrogen-bond donors (Lipinski definition) is 0. The quantitative estimate of drug-likeness (QED) is 0.870. The van der Waals surface area contributed by atoms with Crippen LogP contribution in [0.1, 0.15) is 34.4 Å². The SMILES string of the molecule is Cc1ccc(CCC(=O)N2CCc3oncc3C2)cc1C. The molecule has 1 aliphatic heterocycles. The van der Waals surface area contributed by atoms with Gasteiger partial charge in [-0.25, -0.2) is 0 Å². The second-order valence-corrected chi connectivity index (χ2v) is 5.76. The summed E-state index contributed by atoms with van der Waals surface area (Å²) in [4.78, 5) is 14.2. The number of aromatic nitrogens is 1. The van der Waals surface area contributed by atoms with Gasteiger partial charge in [0, 0.05) is 24.9 Å². The number of carbonyl (C=O) groups excluding carboxylic acids is 1. The molecule has 1 aliphatic rings. The van der Waals surface area contributed by atoms with Gasteiger partial charge in [0.05, 0.1) is 12.7 Å². The van der Waals surface area contributed by atoms with Crippen LogP contribution < -0.4 is 0 Å². The number of carbonyl (C=O) groups is 1. The van der Waals surface area contributed by atoms with Crippen molar-refractivity contribution >= 4 is 5.91 Å². The molecule has 0 atom stereocenters. The molecule has 21 heavy (non-hydrogen) atoms. The zero-order chi connectivity index (χ0) is 14.8. The first-order chi connectivity index (χ1) is 10.1. The molecular weight excluding hydrogens is 264 g/mol. The van der Waals surface area contributed by atoms with Crippen LogP contribution in [-0.4, -0.2) is 22.5 Å². The second kappa shape index (κ2) is 5.72. The Balaban J connectivity index is 1.58. The Labute approximate surface area is 124 Å². The molecule has 0 saturated heterocycles. The van der Waals surface area contributed by atoms with Gasteiger partial charge in [-0.15, -0.1) is 0 Å². The molecule has 2 aromatic rings. The number of amides is 1. The molecule has 1 aromatic carbocycles. The van der Waals surface area contributed by atoms with Gasteiger partial charge in [0.1, 0.15) is 5.76 Å². The van der Waals surface area contributed by atoms with Crippen molar-refractivity contribution < 1.29 is 9.32 Å². The maximum Gasteiger partial charge on any atom is 0.223 e. The standard InChI is InChI=1S/C17H20N2O2/c1-12-3-4-14(9-13(12)2)5-6-17(20)19-8-7-16-15(11-19)10-18-21-16/h3-4,9-10H,5-8,11H2,1-2H3. The highest BCUT2D eigenvalue weighted by atomic mass is 16.5. The Kier molecular flexibility index (Phi) is 3.78. The number of hydrogen-bond acceptors (Lipinski definition) is 3. The first-order valence-electron chi connectivity index (χ1n) is 7.40. The zero-order valence-corrected chi connectivity index (χ0v) is 12.6. The highest BCUT2D eigenvalue weighted by Crippen LogP contribution is 2.19. The van der Waals surface area contributed by atoms with Crippen LogP contribution in [0.25, 0.3) is 0 Å². The molecule has 0 fully saturated rings. The van der Waals surface area contributed by atoms with Crippen molar-refractivity contribution in [3.63, 3.8) is 0 Å². The summed E-state index contributed by atoms with van der Waals surface area (Å²) in [7, 11) is 0. The van der Waals surface area contributed by atoms with E-state index in [1.165, 1.54) is 16.7 Å². The van der Waals surface area contributed by atoms with Crippen LogP contribution in [-0.2, 0) is 24.2 Å². The van der Waals surface area contributed by atoms with Gasteiger partial charge in [-0.05, 0) is 37.0 Å². The van der Waals surface area contributed by atoms with E-state index in [9.17, 15) is 4.79 Å². The highest BCUT2D eigenvalue weighted by Gasteiger charge is 2.23. The molecule has 0 radical (unpaired) electrons. The van der Waals surface area contributed by atoms with Crippen molar-refractivity contribution in [2.24, 2.45) is 0 Å². The van der Waals surface area contributed by atoms with Crippen molar-refractivity contribution in [1.29, 1.82) is 0 Å². The summed E-state index contributed by atoms with van der Waals surface area (Å²) in [6.07, 6.45) is 3.85. The molecule has 110 valence electrons. The van der Waals surface area contributed by atoms with Gasteiger partial charge in [-0.1, -0.05) is 23.4 Å². The minimum Gasteiger partial charge on any atom is -0.361 e. The number of nitrogens with zero attached hydrogens (tertiary/aromatic N) is 2. The lowest BCUT2D eigenvalue weighted by molar-refractivity contribution is -0.132. The van der Waals surface area contributed by atoms with Crippen LogP contribution in [0.5, 0.6) is 0 Å². The van der Waals surface area contributed by atoms with Crippen LogP contribution in [0.15, 0.2) is 28.9 Å². The topological polar surface area (TPSA) is 46.3 Å². The average Bonchev–Trinajstić information content (AvgIpc) is 2.95. The predicted octanol–water partition coefficient (Wildman–Crippen LogP) is 2.81. The fraction of sp³-hybridized carbons (Fsp3) is 0.412. The lowest BCUT2D eigenvalue weighted by atomic mass is 10.0. The van der Waals surface area contributed by atoms with Gasteiger partial charge in [0.15, 0.2) is 0 Å². The molecule has 3 rings (SSSR count). The third kappa shape index (κ3) is 2.99. The average molecular weight is 284 g/mol. The van der Waals surface area contributed by atoms with Crippen molar-refractivity contribution in [1.82, 2.24) is 10.1 Å². The fourth-order valence-corrected chi connectivity index (χ4v) is 2.72. The summed E-state index contributed by atoms with van der Waals surface area (Å²) in [6.45, 7) is 5.58. The molecule has 0 bridgehead atoms. The van der Waals surface area contributed by atoms with E-state index < -0.39 is 0 Å². The van der Waals surface area contributed by atoms with Gasteiger partial charge >= 0.3 is 0 Å². The largest absolute Gasteiger partial charge is 0.361 e. The fourth-order valence-electron chi connectivity index (χ4n) is 2.72. The monoisotopic (exact) mass is 284 g/mol. The van der Waals surface area contributed by atoms with Crippen LogP contribution in [0, 0.1) is 13.8 Å². The molecule has 0 unspecified atom stereocenters. The Morgan fingerprint density at radius 2 is 2.19 bits per heavy atom. The molecule has 0 saturated carbocycles. The van der Waals surface area contributed by atoms with Gasteiger partial charge in [0.2, 0.25) is 5.91 Å². The molecular formula is C17H20N2O2. The van der Waals surface area contributed by atoms with Gasteiger partial charge in [0.25, 0.3) is 0 Å². The summed E-state index contributed by atoms with van der Waals surface area (Å²) >= 11 is 0. The van der Waals surface area contributed by atoms with Gasteiger partial charge in [-0.3, -0.25) is 4.79 Å². The molecule has 4 nitrogen and oxygen atoms in total. The summed E-state index contributed by atoms with van der Waals surface area (Å²) in [6, 6.07) is 6.42. The zero-order valence-electron chi connectivity index (χ0n) is 12.6. The molecule has 2 heterocycles. The summed E-state index contributed by atoms with van der Waals surface area (Å²) in [5.41, 5.74) is 4.85. The number of fused-ring (bicyclic) bond motifs is 1. The molecule has 0 N–H and O–H groups in total. The first-order valence-corrected chi connectivity index (χ1v) is 7.40. The van der Waals surface area contributed by atoms with Gasteiger partial charge in [-0.2, -0.15) is 0 Å². The third-order valence-corrected chi connectivity index (χ3v) is 4.25. The molecule has 0 spiro atoms. The Bertz CT molecular complexity index is 661. The molecule has 1 amide bonds. The summed E-state index contributed by atoms with van der Waals surface area (Å²) in [5, 5.41) is 3.80. The van der Waals surface area contributed by atoms with Crippen LogP contribution in [0.4, 0.5) is 0 Å². The Morgan fingerprint density at radius 3 is 3.00 bits per heavy atom. The van der Waals surface area contributed by atoms with E-state index in [0.717, 1.165) is 30.7 Å². The summed E-state index contributed by atoms with van der Waals surface area (Å²) in [5.74, 6) is 1.13. The number of rotatable bonds is 3. The summed E-state index contributed by atoms with van der Waals surface area (Å²) < 4.78 is 5.15. The van der Waals surface area contributed by atoms with Crippen molar-refractivity contribution in [3.8, 4) is 0 Å². The van der Waals surface area contributed by atoms with E-state index in [1.54, 1.807) is 6.20 Å². The van der Waals surface area contributed by atoms with E-state index in [2.05, 4.69) is 37.2 Å². The lowest BCUT2D eigenvalue weighted by Gasteiger charge is -2.25. The van der Waals surface area contributed by atoms with E-state index in [0.29, 0.717) is 13.0 Å². The van der Waals surface area contributed by atoms with E-state index in [1.807, 2.05) is 4.90 Å². The molecule has 1 aromatic heterocycles. The Hall–Kier alpha value is -2.10. The highest BCUT2D eigenvalue weighted by molar-refractivity contribution is 5.76. The van der Waals surface area contributed by atoms with Crippen LogP contribution >= 0.6 is 0 Å². The van der Waals surface area contributed by atoms with Crippen molar-refractivity contribution in [2.75, 3.05) is 6.54 Å². The smallest absolute Gasteiger partial charge is 0.223 e. The molecule has 4 heteroatoms. The van der Waals surface area contributed by atoms with E-state index in [4.69, 9.17) is 4.52 Å². The number of aryl methyl sites for hydroxylation is 3. The maximum atomic E-state index is 12.3. The maximum absolute atomic E-state index is 12.3.